The SMILES string of the molecule is C=CC(=O)OCCOC(=O)c1ccccc1C(=O)OCC(C)OC(=O)NCC1CCCC(CNC(=O)OC(C)COC(=O)c2ccccc2C(=O)OCCOC(=O)C=C)C1. The molecule has 2 aromatic rings. The average Bonchev–Trinajstić information content (AvgIpc) is 3.25. The molecule has 2 aromatic carbocycles. The number of hydrogen-bond acceptors (Lipinski definition) is 16. The molecule has 1 aliphatic carbocycles. The van der Waals surface area contributed by atoms with Crippen LogP contribution >= 0.6 is 0 Å². The minimum Gasteiger partial charge on any atom is -0.459 e. The van der Waals surface area contributed by atoms with E-state index in [1.807, 2.05) is 0 Å². The summed E-state index contributed by atoms with van der Waals surface area (Å²) in [6.07, 6.45) is 2.19. The molecule has 1 saturated carbocycles. The third kappa shape index (κ3) is 17.0. The lowest BCUT2D eigenvalue weighted by atomic mass is 9.81. The van der Waals surface area contributed by atoms with Gasteiger partial charge in [0.25, 0.3) is 0 Å². The summed E-state index contributed by atoms with van der Waals surface area (Å²) in [7, 11) is 0. The predicted molar refractivity (Wildman–Crippen MR) is 210 cm³/mol. The fraction of sp³-hybridized carbons (Fsp3) is 0.429. The quantitative estimate of drug-likeness (QED) is 0.0718. The molecule has 2 amide bonds. The molecule has 0 heterocycles. The molecule has 0 radical (unpaired) electrons. The molecule has 4 atom stereocenters. The van der Waals surface area contributed by atoms with Crippen molar-refractivity contribution in [3.8, 4) is 0 Å². The summed E-state index contributed by atoms with van der Waals surface area (Å²) in [6.45, 7) is 8.84. The Morgan fingerprint density at radius 1 is 0.567 bits per heavy atom. The molecule has 0 bridgehead atoms. The van der Waals surface area contributed by atoms with E-state index in [9.17, 15) is 38.4 Å². The molecule has 18 nitrogen and oxygen atoms in total. The van der Waals surface area contributed by atoms with Crippen molar-refractivity contribution in [2.45, 2.75) is 51.7 Å². The third-order valence-corrected chi connectivity index (χ3v) is 8.67. The van der Waals surface area contributed by atoms with Gasteiger partial charge in [-0.25, -0.2) is 38.4 Å². The number of hydrogen-bond donors (Lipinski definition) is 2. The molecule has 0 aromatic heterocycles. The first-order valence-corrected chi connectivity index (χ1v) is 19.1. The van der Waals surface area contributed by atoms with Gasteiger partial charge in [0.05, 0.1) is 22.3 Å². The van der Waals surface area contributed by atoms with Crippen molar-refractivity contribution in [3.05, 3.63) is 96.1 Å². The Morgan fingerprint density at radius 2 is 0.900 bits per heavy atom. The number of carbonyl (C=O) groups is 8. The molecular weight excluding hydrogens is 788 g/mol. The summed E-state index contributed by atoms with van der Waals surface area (Å²) >= 11 is 0. The Kier molecular flexibility index (Phi) is 20.3. The zero-order chi connectivity index (χ0) is 43.9. The lowest BCUT2D eigenvalue weighted by Gasteiger charge is -2.29. The van der Waals surface area contributed by atoms with Gasteiger partial charge in [0.1, 0.15) is 51.8 Å². The van der Waals surface area contributed by atoms with E-state index in [0.29, 0.717) is 19.5 Å². The summed E-state index contributed by atoms with van der Waals surface area (Å²) in [5.74, 6) is -4.42. The Hall–Kier alpha value is -6.72. The van der Waals surface area contributed by atoms with Gasteiger partial charge in [0, 0.05) is 25.2 Å². The molecule has 1 fully saturated rings. The molecule has 0 spiro atoms. The van der Waals surface area contributed by atoms with Crippen LogP contribution in [0.3, 0.4) is 0 Å². The highest BCUT2D eigenvalue weighted by molar-refractivity contribution is 6.04. The van der Waals surface area contributed by atoms with Crippen molar-refractivity contribution in [3.63, 3.8) is 0 Å². The fourth-order valence-corrected chi connectivity index (χ4v) is 5.79. The summed E-state index contributed by atoms with van der Waals surface area (Å²) in [4.78, 5) is 97.9. The van der Waals surface area contributed by atoms with Crippen molar-refractivity contribution in [2.75, 3.05) is 52.7 Å². The maximum absolute atomic E-state index is 12.8. The third-order valence-electron chi connectivity index (χ3n) is 8.67. The van der Waals surface area contributed by atoms with Crippen LogP contribution in [-0.2, 0) is 47.5 Å². The van der Waals surface area contributed by atoms with E-state index in [1.54, 1.807) is 26.0 Å². The lowest BCUT2D eigenvalue weighted by Crippen LogP contribution is -2.38. The number of ether oxygens (including phenoxy) is 8. The number of benzene rings is 2. The smallest absolute Gasteiger partial charge is 0.407 e. The minimum atomic E-state index is -0.831. The molecule has 18 heteroatoms. The van der Waals surface area contributed by atoms with Gasteiger partial charge in [-0.3, -0.25) is 0 Å². The number of esters is 6. The molecule has 324 valence electrons. The van der Waals surface area contributed by atoms with Crippen LogP contribution in [0.2, 0.25) is 0 Å². The van der Waals surface area contributed by atoms with Crippen molar-refractivity contribution in [1.82, 2.24) is 10.6 Å². The van der Waals surface area contributed by atoms with Crippen LogP contribution in [0.5, 0.6) is 0 Å². The zero-order valence-electron chi connectivity index (χ0n) is 33.5. The first kappa shape index (κ1) is 47.7. The summed E-state index contributed by atoms with van der Waals surface area (Å²) in [6, 6.07) is 11.7. The van der Waals surface area contributed by atoms with E-state index >= 15 is 0 Å². The van der Waals surface area contributed by atoms with Crippen molar-refractivity contribution in [2.24, 2.45) is 11.8 Å². The molecule has 60 heavy (non-hydrogen) atoms. The Morgan fingerprint density at radius 3 is 1.25 bits per heavy atom. The molecule has 3 rings (SSSR count). The molecule has 1 aliphatic rings. The van der Waals surface area contributed by atoms with Gasteiger partial charge in [-0.1, -0.05) is 43.8 Å². The van der Waals surface area contributed by atoms with Gasteiger partial charge in [-0.05, 0) is 69.2 Å². The van der Waals surface area contributed by atoms with Crippen molar-refractivity contribution >= 4 is 48.0 Å². The monoisotopic (exact) mass is 838 g/mol. The Balaban J connectivity index is 1.33. The lowest BCUT2D eigenvalue weighted by molar-refractivity contribution is -0.139. The van der Waals surface area contributed by atoms with Crippen LogP contribution in [0.15, 0.2) is 73.8 Å². The zero-order valence-corrected chi connectivity index (χ0v) is 33.5. The summed E-state index contributed by atoms with van der Waals surface area (Å²) in [5, 5.41) is 5.47. The summed E-state index contributed by atoms with van der Waals surface area (Å²) in [5.41, 5.74) is -0.226. The van der Waals surface area contributed by atoms with Crippen LogP contribution in [0.1, 0.15) is 81.0 Å². The van der Waals surface area contributed by atoms with Gasteiger partial charge in [0.2, 0.25) is 0 Å². The largest absolute Gasteiger partial charge is 0.459 e. The standard InChI is InChI=1S/C42H50N2O16/c1-5-35(45)53-18-20-55-37(47)31-14-7-9-16-33(31)39(49)57-25-27(3)59-41(51)43-23-29-12-11-13-30(22-29)24-44-42(52)60-28(4)26-58-40(50)34-17-10-8-15-32(34)38(48)56-21-19-54-36(46)6-2/h5-10,14-17,27-30H,1-2,11-13,18-26H2,3-4H3,(H,43,51)(H,44,52). The van der Waals surface area contributed by atoms with Crippen LogP contribution in [0.25, 0.3) is 0 Å². The fourth-order valence-electron chi connectivity index (χ4n) is 5.79. The molecule has 0 aliphatic heterocycles. The van der Waals surface area contributed by atoms with Gasteiger partial charge in [-0.15, -0.1) is 0 Å². The highest BCUT2D eigenvalue weighted by Gasteiger charge is 2.26. The second kappa shape index (κ2) is 25.6. The van der Waals surface area contributed by atoms with Gasteiger partial charge in [0.15, 0.2) is 0 Å². The second-order valence-corrected chi connectivity index (χ2v) is 13.4. The average molecular weight is 839 g/mol. The van der Waals surface area contributed by atoms with Crippen molar-refractivity contribution < 1.29 is 76.3 Å². The number of alkyl carbamates (subject to hydrolysis) is 2. The van der Waals surface area contributed by atoms with Crippen LogP contribution in [-0.4, -0.2) is 113 Å². The number of rotatable bonds is 22. The first-order chi connectivity index (χ1) is 28.8. The van der Waals surface area contributed by atoms with Crippen LogP contribution < -0.4 is 10.6 Å². The van der Waals surface area contributed by atoms with Crippen LogP contribution in [0, 0.1) is 11.8 Å². The van der Waals surface area contributed by atoms with E-state index in [2.05, 4.69) is 23.8 Å². The molecule has 0 saturated heterocycles. The number of nitrogens with one attached hydrogen (secondary N) is 2. The van der Waals surface area contributed by atoms with E-state index in [-0.39, 0.29) is 73.7 Å². The maximum Gasteiger partial charge on any atom is 0.407 e. The molecule has 2 N–H and O–H groups in total. The normalized spacial score (nSPS) is 15.3. The maximum atomic E-state index is 12.8. The Bertz CT molecular complexity index is 1720. The van der Waals surface area contributed by atoms with Gasteiger partial charge < -0.3 is 48.5 Å². The minimum absolute atomic E-state index is 0.0545. The molecular formula is C42H50N2O16. The van der Waals surface area contributed by atoms with E-state index < -0.39 is 60.2 Å². The van der Waals surface area contributed by atoms with Crippen molar-refractivity contribution in [1.29, 1.82) is 0 Å². The topological polar surface area (TPSA) is 234 Å². The predicted octanol–water partition coefficient (Wildman–Crippen LogP) is 4.51. The number of amides is 2. The first-order valence-electron chi connectivity index (χ1n) is 19.1. The van der Waals surface area contributed by atoms with E-state index in [4.69, 9.17) is 37.9 Å². The van der Waals surface area contributed by atoms with Gasteiger partial charge >= 0.3 is 48.0 Å². The number of carbonyl (C=O) groups excluding carboxylic acids is 8. The molecule has 4 unspecified atom stereocenters. The highest BCUT2D eigenvalue weighted by atomic mass is 16.6. The van der Waals surface area contributed by atoms with Gasteiger partial charge in [-0.2, -0.15) is 0 Å². The Labute approximate surface area is 346 Å². The van der Waals surface area contributed by atoms with Crippen LogP contribution in [0.4, 0.5) is 9.59 Å². The summed E-state index contributed by atoms with van der Waals surface area (Å²) < 4.78 is 40.9. The van der Waals surface area contributed by atoms with E-state index in [1.165, 1.54) is 36.4 Å². The van der Waals surface area contributed by atoms with E-state index in [0.717, 1.165) is 31.4 Å². The second-order valence-electron chi connectivity index (χ2n) is 13.4. The highest BCUT2D eigenvalue weighted by Crippen LogP contribution is 2.28.